The molecule has 0 aromatic heterocycles. The summed E-state index contributed by atoms with van der Waals surface area (Å²) in [7, 11) is -2.17. The smallest absolute Gasteiger partial charge is 0.264 e. The van der Waals surface area contributed by atoms with E-state index in [0.29, 0.717) is 16.8 Å². The quantitative estimate of drug-likeness (QED) is 0.596. The third kappa shape index (κ3) is 4.80. The summed E-state index contributed by atoms with van der Waals surface area (Å²) in [5.74, 6) is -0.200. The molecule has 1 amide bonds. The van der Waals surface area contributed by atoms with Gasteiger partial charge in [0.1, 0.15) is 0 Å². The first kappa shape index (κ1) is 22.6. The number of amides is 1. The number of rotatable bonds is 6. The average Bonchev–Trinajstić information content (AvgIpc) is 2.73. The summed E-state index contributed by atoms with van der Waals surface area (Å²) < 4.78 is 27.2. The summed E-state index contributed by atoms with van der Waals surface area (Å²) >= 11 is 0. The van der Waals surface area contributed by atoms with Gasteiger partial charge in [-0.25, -0.2) is 8.42 Å². The SMILES string of the molecule is Cc1ccc(S(=O)(=O)N(C)c2ccc(C(=O)N[C@H](C)c3ccccc3C)cc2C)cc1. The lowest BCUT2D eigenvalue weighted by Gasteiger charge is -2.22. The zero-order valence-corrected chi connectivity index (χ0v) is 19.3. The van der Waals surface area contributed by atoms with E-state index in [2.05, 4.69) is 5.32 Å². The van der Waals surface area contributed by atoms with Crippen LogP contribution in [0.15, 0.2) is 71.6 Å². The van der Waals surface area contributed by atoms with Gasteiger partial charge >= 0.3 is 0 Å². The van der Waals surface area contributed by atoms with Crippen LogP contribution in [0.4, 0.5) is 5.69 Å². The first-order chi connectivity index (χ1) is 14.6. The Bertz CT molecular complexity index is 1200. The summed E-state index contributed by atoms with van der Waals surface area (Å²) in [4.78, 5) is 13.0. The molecular weight excluding hydrogens is 408 g/mol. The molecule has 0 heterocycles. The number of hydrogen-bond acceptors (Lipinski definition) is 3. The molecule has 162 valence electrons. The van der Waals surface area contributed by atoms with Gasteiger partial charge in [-0.3, -0.25) is 9.10 Å². The highest BCUT2D eigenvalue weighted by atomic mass is 32.2. The Morgan fingerprint density at radius 2 is 1.55 bits per heavy atom. The summed E-state index contributed by atoms with van der Waals surface area (Å²) in [5.41, 5.74) is 4.90. The number of benzene rings is 3. The molecule has 3 aromatic rings. The highest BCUT2D eigenvalue weighted by Crippen LogP contribution is 2.27. The van der Waals surface area contributed by atoms with Gasteiger partial charge in [-0.05, 0) is 74.7 Å². The van der Waals surface area contributed by atoms with Crippen LogP contribution in [0.5, 0.6) is 0 Å². The zero-order valence-electron chi connectivity index (χ0n) is 18.5. The van der Waals surface area contributed by atoms with Gasteiger partial charge in [0.2, 0.25) is 0 Å². The molecule has 1 N–H and O–H groups in total. The maximum absolute atomic E-state index is 13.0. The Morgan fingerprint density at radius 3 is 2.16 bits per heavy atom. The molecule has 1 atom stereocenters. The zero-order chi connectivity index (χ0) is 22.8. The fourth-order valence-electron chi connectivity index (χ4n) is 3.58. The minimum Gasteiger partial charge on any atom is -0.346 e. The molecule has 31 heavy (non-hydrogen) atoms. The maximum atomic E-state index is 13.0. The number of carbonyl (C=O) groups is 1. The van der Waals surface area contributed by atoms with Gasteiger partial charge in [0.25, 0.3) is 15.9 Å². The van der Waals surface area contributed by atoms with Gasteiger partial charge < -0.3 is 5.32 Å². The molecule has 0 aliphatic rings. The molecule has 0 unspecified atom stereocenters. The summed E-state index contributed by atoms with van der Waals surface area (Å²) in [6, 6.07) is 19.6. The molecule has 0 bridgehead atoms. The Morgan fingerprint density at radius 1 is 0.903 bits per heavy atom. The highest BCUT2D eigenvalue weighted by Gasteiger charge is 2.23. The minimum absolute atomic E-state index is 0.140. The van der Waals surface area contributed by atoms with Crippen molar-refractivity contribution in [1.82, 2.24) is 5.32 Å². The van der Waals surface area contributed by atoms with E-state index in [9.17, 15) is 13.2 Å². The van der Waals surface area contributed by atoms with Crippen molar-refractivity contribution in [2.75, 3.05) is 11.4 Å². The molecule has 0 radical (unpaired) electrons. The molecule has 5 nitrogen and oxygen atoms in total. The fourth-order valence-corrected chi connectivity index (χ4v) is 4.84. The third-order valence-corrected chi connectivity index (χ3v) is 7.27. The van der Waals surface area contributed by atoms with Crippen LogP contribution in [-0.4, -0.2) is 21.4 Å². The molecule has 6 heteroatoms. The van der Waals surface area contributed by atoms with Gasteiger partial charge in [0, 0.05) is 12.6 Å². The monoisotopic (exact) mass is 436 g/mol. The standard InChI is InChI=1S/C25H28N2O3S/c1-17-10-13-22(14-11-17)31(29,30)27(5)24-15-12-21(16-19(24)3)25(28)26-20(4)23-9-7-6-8-18(23)2/h6-16,20H,1-5H3,(H,26,28)/t20-/m1/s1. The van der Waals surface area contributed by atoms with E-state index >= 15 is 0 Å². The molecule has 0 spiro atoms. The molecule has 3 aromatic carbocycles. The van der Waals surface area contributed by atoms with E-state index in [1.54, 1.807) is 49.4 Å². The van der Waals surface area contributed by atoms with Gasteiger partial charge in [-0.15, -0.1) is 0 Å². The number of nitrogens with one attached hydrogen (secondary N) is 1. The predicted molar refractivity (Wildman–Crippen MR) is 125 cm³/mol. The van der Waals surface area contributed by atoms with Crippen LogP contribution in [0.1, 0.15) is 45.6 Å². The maximum Gasteiger partial charge on any atom is 0.264 e. The Hall–Kier alpha value is -3.12. The van der Waals surface area contributed by atoms with E-state index in [1.807, 2.05) is 45.0 Å². The first-order valence-electron chi connectivity index (χ1n) is 10.1. The molecule has 0 saturated heterocycles. The Balaban J connectivity index is 1.81. The molecule has 0 aliphatic carbocycles. The van der Waals surface area contributed by atoms with Crippen molar-refractivity contribution >= 4 is 21.6 Å². The largest absolute Gasteiger partial charge is 0.346 e. The normalized spacial score (nSPS) is 12.3. The van der Waals surface area contributed by atoms with Gasteiger partial charge in [-0.2, -0.15) is 0 Å². The van der Waals surface area contributed by atoms with Crippen LogP contribution in [-0.2, 0) is 10.0 Å². The fraction of sp³-hybridized carbons (Fsp3) is 0.240. The van der Waals surface area contributed by atoms with Crippen molar-refractivity contribution < 1.29 is 13.2 Å². The first-order valence-corrected chi connectivity index (χ1v) is 11.6. The Kier molecular flexibility index (Phi) is 6.51. The van der Waals surface area contributed by atoms with Crippen LogP contribution in [0.3, 0.4) is 0 Å². The van der Waals surface area contributed by atoms with Gasteiger partial charge in [0.15, 0.2) is 0 Å². The third-order valence-electron chi connectivity index (χ3n) is 5.48. The molecular formula is C25H28N2O3S. The number of anilines is 1. The van der Waals surface area contributed by atoms with Crippen molar-refractivity contribution in [2.45, 2.75) is 38.6 Å². The van der Waals surface area contributed by atoms with Crippen LogP contribution in [0.2, 0.25) is 0 Å². The predicted octanol–water partition coefficient (Wildman–Crippen LogP) is 4.93. The van der Waals surface area contributed by atoms with E-state index in [1.165, 1.54) is 11.4 Å². The van der Waals surface area contributed by atoms with Crippen LogP contribution in [0, 0.1) is 20.8 Å². The number of hydrogen-bond donors (Lipinski definition) is 1. The van der Waals surface area contributed by atoms with Gasteiger partial charge in [0.05, 0.1) is 16.6 Å². The van der Waals surface area contributed by atoms with Crippen molar-refractivity contribution in [3.05, 3.63) is 94.5 Å². The second-order valence-corrected chi connectivity index (χ2v) is 9.81. The number of nitrogens with zero attached hydrogens (tertiary/aromatic N) is 1. The molecule has 3 rings (SSSR count). The average molecular weight is 437 g/mol. The second-order valence-electron chi connectivity index (χ2n) is 7.84. The lowest BCUT2D eigenvalue weighted by atomic mass is 10.0. The molecule has 0 saturated carbocycles. The highest BCUT2D eigenvalue weighted by molar-refractivity contribution is 7.92. The summed E-state index contributed by atoms with van der Waals surface area (Å²) in [6.45, 7) is 7.68. The van der Waals surface area contributed by atoms with Crippen molar-refractivity contribution in [1.29, 1.82) is 0 Å². The topological polar surface area (TPSA) is 66.5 Å². The van der Waals surface area contributed by atoms with E-state index in [-0.39, 0.29) is 16.8 Å². The number of sulfonamides is 1. The van der Waals surface area contributed by atoms with E-state index in [4.69, 9.17) is 0 Å². The summed E-state index contributed by atoms with van der Waals surface area (Å²) in [6.07, 6.45) is 0. The molecule has 0 aliphatic heterocycles. The van der Waals surface area contributed by atoms with E-state index in [0.717, 1.165) is 16.7 Å². The number of carbonyl (C=O) groups excluding carboxylic acids is 1. The second kappa shape index (κ2) is 8.94. The lowest BCUT2D eigenvalue weighted by Crippen LogP contribution is -2.28. The van der Waals surface area contributed by atoms with Crippen LogP contribution in [0.25, 0.3) is 0 Å². The van der Waals surface area contributed by atoms with Crippen LogP contribution < -0.4 is 9.62 Å². The van der Waals surface area contributed by atoms with Crippen LogP contribution >= 0.6 is 0 Å². The Labute approximate surface area is 184 Å². The van der Waals surface area contributed by atoms with Crippen molar-refractivity contribution in [3.63, 3.8) is 0 Å². The lowest BCUT2D eigenvalue weighted by molar-refractivity contribution is 0.0939. The van der Waals surface area contributed by atoms with Crippen molar-refractivity contribution in [3.8, 4) is 0 Å². The van der Waals surface area contributed by atoms with Crippen molar-refractivity contribution in [2.24, 2.45) is 0 Å². The van der Waals surface area contributed by atoms with E-state index < -0.39 is 10.0 Å². The van der Waals surface area contributed by atoms with Gasteiger partial charge in [-0.1, -0.05) is 42.0 Å². The summed E-state index contributed by atoms with van der Waals surface area (Å²) in [5, 5.41) is 3.02. The molecule has 0 fully saturated rings. The number of aryl methyl sites for hydroxylation is 3. The minimum atomic E-state index is -3.69.